The molecule has 1 aliphatic heterocycles. The maximum Gasteiger partial charge on any atom is 0.438 e. The van der Waals surface area contributed by atoms with E-state index in [1.165, 1.54) is 0 Å². The molecular formula is C21H14F3N3OS. The Morgan fingerprint density at radius 3 is 2.45 bits per heavy atom. The van der Waals surface area contributed by atoms with E-state index in [4.69, 9.17) is 0 Å². The van der Waals surface area contributed by atoms with E-state index in [1.54, 1.807) is 36.4 Å². The lowest BCUT2D eigenvalue weighted by molar-refractivity contribution is -0.254. The molecule has 4 nitrogen and oxygen atoms in total. The first-order chi connectivity index (χ1) is 13.8. The number of anilines is 1. The minimum absolute atomic E-state index is 0.00168. The molecule has 1 atom stereocenters. The van der Waals surface area contributed by atoms with Gasteiger partial charge in [-0.1, -0.05) is 59.9 Å². The normalized spacial score (nSPS) is 19.9. The summed E-state index contributed by atoms with van der Waals surface area (Å²) < 4.78 is 42.4. The molecule has 8 heteroatoms. The van der Waals surface area contributed by atoms with Crippen molar-refractivity contribution in [2.45, 2.75) is 18.3 Å². The molecule has 1 aliphatic rings. The highest BCUT2D eigenvalue weighted by molar-refractivity contribution is 7.22. The standard InChI is InChI=1S/C21H14F3N3OS/c22-21(23,24)20(28)12-17(15-10-9-13-5-1-2-6-14(13)11-15)26-27(20)19-25-16-7-3-4-8-18(16)29-19/h1-11,28H,12H2/t20-/m1/s1. The van der Waals surface area contributed by atoms with Gasteiger partial charge in [-0.2, -0.15) is 23.3 Å². The number of thiazole rings is 1. The molecule has 2 heterocycles. The Morgan fingerprint density at radius 2 is 1.69 bits per heavy atom. The number of para-hydroxylation sites is 1. The molecule has 0 spiro atoms. The molecular weight excluding hydrogens is 399 g/mol. The second-order valence-electron chi connectivity index (χ2n) is 6.88. The van der Waals surface area contributed by atoms with Crippen LogP contribution in [0.5, 0.6) is 0 Å². The fourth-order valence-electron chi connectivity index (χ4n) is 3.45. The van der Waals surface area contributed by atoms with Crippen molar-refractivity contribution >= 4 is 43.2 Å². The van der Waals surface area contributed by atoms with E-state index >= 15 is 0 Å². The van der Waals surface area contributed by atoms with E-state index in [1.807, 2.05) is 30.3 Å². The van der Waals surface area contributed by atoms with Crippen molar-refractivity contribution in [1.29, 1.82) is 0 Å². The van der Waals surface area contributed by atoms with Gasteiger partial charge < -0.3 is 5.11 Å². The van der Waals surface area contributed by atoms with Gasteiger partial charge >= 0.3 is 6.18 Å². The third-order valence-corrected chi connectivity index (χ3v) is 6.00. The Kier molecular flexibility index (Phi) is 3.91. The van der Waals surface area contributed by atoms with Crippen LogP contribution in [-0.4, -0.2) is 27.7 Å². The van der Waals surface area contributed by atoms with Crippen LogP contribution in [0.3, 0.4) is 0 Å². The molecule has 0 unspecified atom stereocenters. The Balaban J connectivity index is 1.64. The Hall–Kier alpha value is -2.97. The fourth-order valence-corrected chi connectivity index (χ4v) is 4.43. The quantitative estimate of drug-likeness (QED) is 0.484. The van der Waals surface area contributed by atoms with Gasteiger partial charge in [0.1, 0.15) is 0 Å². The van der Waals surface area contributed by atoms with Crippen molar-refractivity contribution in [2.75, 3.05) is 5.01 Å². The highest BCUT2D eigenvalue weighted by Gasteiger charge is 2.62. The number of hydrogen-bond donors (Lipinski definition) is 1. The number of halogens is 3. The summed E-state index contributed by atoms with van der Waals surface area (Å²) in [6.07, 6.45) is -5.59. The smallest absolute Gasteiger partial charge is 0.362 e. The maximum atomic E-state index is 13.9. The van der Waals surface area contributed by atoms with Gasteiger partial charge in [-0.25, -0.2) is 4.98 Å². The van der Waals surface area contributed by atoms with Crippen molar-refractivity contribution in [3.05, 3.63) is 72.3 Å². The highest BCUT2D eigenvalue weighted by atomic mass is 32.1. The topological polar surface area (TPSA) is 48.7 Å². The monoisotopic (exact) mass is 413 g/mol. The van der Waals surface area contributed by atoms with Gasteiger partial charge in [0.05, 0.1) is 22.3 Å². The zero-order chi connectivity index (χ0) is 20.2. The first kappa shape index (κ1) is 18.1. The van der Waals surface area contributed by atoms with Crippen LogP contribution >= 0.6 is 11.3 Å². The van der Waals surface area contributed by atoms with Crippen LogP contribution in [0, 0.1) is 0 Å². The van der Waals surface area contributed by atoms with Crippen LogP contribution in [0.15, 0.2) is 71.8 Å². The number of benzene rings is 3. The molecule has 3 aromatic carbocycles. The SMILES string of the molecule is O[C@@]1(C(F)(F)F)CC(c2ccc3ccccc3c2)=NN1c1nc2ccccc2s1. The van der Waals surface area contributed by atoms with Crippen LogP contribution in [0.4, 0.5) is 18.3 Å². The number of rotatable bonds is 2. The van der Waals surface area contributed by atoms with E-state index in [-0.39, 0.29) is 10.8 Å². The van der Waals surface area contributed by atoms with Crippen molar-refractivity contribution in [1.82, 2.24) is 4.98 Å². The van der Waals surface area contributed by atoms with Gasteiger partial charge in [0.25, 0.3) is 5.72 Å². The minimum atomic E-state index is -4.91. The van der Waals surface area contributed by atoms with Crippen LogP contribution < -0.4 is 5.01 Å². The number of hydrazone groups is 1. The Labute approximate surface area is 167 Å². The summed E-state index contributed by atoms with van der Waals surface area (Å²) in [6.45, 7) is 0. The summed E-state index contributed by atoms with van der Waals surface area (Å²) in [5.41, 5.74) is -1.89. The lowest BCUT2D eigenvalue weighted by Gasteiger charge is -2.32. The molecule has 29 heavy (non-hydrogen) atoms. The summed E-state index contributed by atoms with van der Waals surface area (Å²) in [7, 11) is 0. The average Bonchev–Trinajstić information content (AvgIpc) is 3.29. The zero-order valence-corrected chi connectivity index (χ0v) is 15.7. The highest BCUT2D eigenvalue weighted by Crippen LogP contribution is 2.45. The first-order valence-corrected chi connectivity index (χ1v) is 9.68. The second kappa shape index (κ2) is 6.27. The second-order valence-corrected chi connectivity index (χ2v) is 7.88. The third kappa shape index (κ3) is 2.87. The number of aromatic nitrogens is 1. The number of nitrogens with zero attached hydrogens (tertiary/aromatic N) is 3. The number of hydrogen-bond acceptors (Lipinski definition) is 5. The predicted molar refractivity (Wildman–Crippen MR) is 108 cm³/mol. The lowest BCUT2D eigenvalue weighted by Crippen LogP contribution is -2.55. The van der Waals surface area contributed by atoms with Gasteiger partial charge in [0, 0.05) is 0 Å². The largest absolute Gasteiger partial charge is 0.438 e. The summed E-state index contributed by atoms with van der Waals surface area (Å²) in [5.74, 6) is 0. The molecule has 4 aromatic rings. The van der Waals surface area contributed by atoms with Crippen LogP contribution in [-0.2, 0) is 0 Å². The molecule has 0 radical (unpaired) electrons. The van der Waals surface area contributed by atoms with Crippen LogP contribution in [0.1, 0.15) is 12.0 Å². The zero-order valence-electron chi connectivity index (χ0n) is 14.9. The number of fused-ring (bicyclic) bond motifs is 2. The average molecular weight is 413 g/mol. The molecule has 0 amide bonds. The Morgan fingerprint density at radius 1 is 0.966 bits per heavy atom. The Bertz CT molecular complexity index is 1230. The maximum absolute atomic E-state index is 13.9. The molecule has 1 aromatic heterocycles. The lowest BCUT2D eigenvalue weighted by atomic mass is 9.98. The summed E-state index contributed by atoms with van der Waals surface area (Å²) in [5, 5.41) is 17.3. The van der Waals surface area contributed by atoms with Gasteiger partial charge in [0.15, 0.2) is 0 Å². The number of alkyl halides is 3. The van der Waals surface area contributed by atoms with E-state index in [9.17, 15) is 18.3 Å². The molecule has 5 rings (SSSR count). The van der Waals surface area contributed by atoms with Crippen molar-refractivity contribution < 1.29 is 18.3 Å². The van der Waals surface area contributed by atoms with E-state index < -0.39 is 18.3 Å². The van der Waals surface area contributed by atoms with Gasteiger partial charge in [0.2, 0.25) is 5.13 Å². The molecule has 0 aliphatic carbocycles. The van der Waals surface area contributed by atoms with E-state index in [0.717, 1.165) is 26.8 Å². The molecule has 0 saturated heterocycles. The predicted octanol–water partition coefficient (Wildman–Crippen LogP) is 5.31. The van der Waals surface area contributed by atoms with Gasteiger partial charge in [-0.05, 0) is 34.5 Å². The van der Waals surface area contributed by atoms with Crippen molar-refractivity contribution in [3.63, 3.8) is 0 Å². The van der Waals surface area contributed by atoms with Crippen LogP contribution in [0.25, 0.3) is 21.0 Å². The molecule has 1 N–H and O–H groups in total. The molecule has 0 saturated carbocycles. The molecule has 0 bridgehead atoms. The molecule has 0 fully saturated rings. The summed E-state index contributed by atoms with van der Waals surface area (Å²) >= 11 is 1.06. The fraction of sp³-hybridized carbons (Fsp3) is 0.143. The molecule has 146 valence electrons. The van der Waals surface area contributed by atoms with Gasteiger partial charge in [-0.3, -0.25) is 0 Å². The van der Waals surface area contributed by atoms with Crippen molar-refractivity contribution in [3.8, 4) is 0 Å². The van der Waals surface area contributed by atoms with Crippen LogP contribution in [0.2, 0.25) is 0 Å². The summed E-state index contributed by atoms with van der Waals surface area (Å²) in [6, 6.07) is 19.9. The first-order valence-electron chi connectivity index (χ1n) is 8.87. The summed E-state index contributed by atoms with van der Waals surface area (Å²) in [4.78, 5) is 4.26. The van der Waals surface area contributed by atoms with Crippen molar-refractivity contribution in [2.24, 2.45) is 5.10 Å². The van der Waals surface area contributed by atoms with Gasteiger partial charge in [-0.15, -0.1) is 0 Å². The van der Waals surface area contributed by atoms with E-state index in [2.05, 4.69) is 10.1 Å². The van der Waals surface area contributed by atoms with E-state index in [0.29, 0.717) is 16.1 Å². The minimum Gasteiger partial charge on any atom is -0.362 e. The number of aliphatic hydroxyl groups is 1. The third-order valence-electron chi connectivity index (χ3n) is 4.99.